The molecule has 184 valence electrons. The van der Waals surface area contributed by atoms with Gasteiger partial charge in [0.15, 0.2) is 13.1 Å². The molecule has 3 saturated heterocycles. The van der Waals surface area contributed by atoms with Crippen LogP contribution in [0.3, 0.4) is 0 Å². The van der Waals surface area contributed by atoms with E-state index < -0.39 is 0 Å². The van der Waals surface area contributed by atoms with Crippen LogP contribution < -0.4 is 9.80 Å². The molecule has 6 rings (SSSR count). The molecule has 4 aliphatic rings. The van der Waals surface area contributed by atoms with E-state index in [1.807, 2.05) is 23.1 Å². The van der Waals surface area contributed by atoms with Crippen LogP contribution in [0.15, 0.2) is 53.5 Å². The number of thioether (sulfide) groups is 1. The van der Waals surface area contributed by atoms with Crippen LogP contribution in [0.25, 0.3) is 5.57 Å². The van der Waals surface area contributed by atoms with Gasteiger partial charge in [-0.1, -0.05) is 12.1 Å². The summed E-state index contributed by atoms with van der Waals surface area (Å²) in [4.78, 5) is 7.50. The number of hydrogen-bond acceptors (Lipinski definition) is 7. The minimum atomic E-state index is 0.804. The van der Waals surface area contributed by atoms with Gasteiger partial charge in [-0.2, -0.15) is 0 Å². The van der Waals surface area contributed by atoms with Gasteiger partial charge in [0.05, 0.1) is 31.4 Å². The molecule has 6 nitrogen and oxygen atoms in total. The lowest BCUT2D eigenvalue weighted by Crippen LogP contribution is -2.36. The lowest BCUT2D eigenvalue weighted by molar-refractivity contribution is -0.546. The lowest BCUT2D eigenvalue weighted by atomic mass is 10.0. The number of hydrogen-bond donors (Lipinski definition) is 0. The first-order valence-electron chi connectivity index (χ1n) is 12.5. The third-order valence-corrected chi connectivity index (χ3v) is 9.18. The number of allylic oxidation sites excluding steroid dienone is 1. The predicted octanol–water partition coefficient (Wildman–Crippen LogP) is 3.92. The molecule has 0 saturated carbocycles. The van der Waals surface area contributed by atoms with Crippen LogP contribution in [0.1, 0.15) is 10.4 Å². The molecule has 0 N–H and O–H groups in total. The van der Waals surface area contributed by atoms with Crippen molar-refractivity contribution in [3.8, 4) is 0 Å². The van der Waals surface area contributed by atoms with Crippen molar-refractivity contribution in [1.82, 2.24) is 0 Å². The molecule has 4 aliphatic heterocycles. The fourth-order valence-electron chi connectivity index (χ4n) is 4.90. The Hall–Kier alpha value is -2.10. The minimum absolute atomic E-state index is 0.804. The molecule has 0 unspecified atom stereocenters. The van der Waals surface area contributed by atoms with Crippen molar-refractivity contribution in [2.45, 2.75) is 0 Å². The second-order valence-electron chi connectivity index (χ2n) is 9.00. The zero-order valence-corrected chi connectivity index (χ0v) is 21.6. The van der Waals surface area contributed by atoms with Gasteiger partial charge in [0.2, 0.25) is 5.04 Å². The van der Waals surface area contributed by atoms with E-state index in [-0.39, 0.29) is 0 Å². The van der Waals surface area contributed by atoms with Crippen LogP contribution in [-0.4, -0.2) is 88.5 Å². The Morgan fingerprint density at radius 3 is 2.09 bits per heavy atom. The summed E-state index contributed by atoms with van der Waals surface area (Å²) in [6.07, 6.45) is 4.58. The van der Waals surface area contributed by atoms with Crippen molar-refractivity contribution >= 4 is 44.4 Å². The first-order chi connectivity index (χ1) is 17.3. The maximum absolute atomic E-state index is 5.57. The normalized spacial score (nSPS) is 22.7. The molecule has 0 amide bonds. The number of morpholine rings is 3. The fourth-order valence-corrected chi connectivity index (χ4v) is 7.24. The summed E-state index contributed by atoms with van der Waals surface area (Å²) in [6, 6.07) is 13.7. The molecular formula is C27H32N3O3S2+. The number of thiophene rings is 1. The Morgan fingerprint density at radius 1 is 0.714 bits per heavy atom. The molecule has 0 spiro atoms. The smallest absolute Gasteiger partial charge is 0.239 e. The topological polar surface area (TPSA) is 37.2 Å². The van der Waals surface area contributed by atoms with E-state index >= 15 is 0 Å². The van der Waals surface area contributed by atoms with E-state index in [2.05, 4.69) is 62.9 Å². The summed E-state index contributed by atoms with van der Waals surface area (Å²) in [7, 11) is 0. The zero-order valence-electron chi connectivity index (χ0n) is 20.0. The van der Waals surface area contributed by atoms with Crippen LogP contribution in [0, 0.1) is 0 Å². The number of benzene rings is 1. The van der Waals surface area contributed by atoms with Crippen molar-refractivity contribution in [3.63, 3.8) is 0 Å². The summed E-state index contributed by atoms with van der Waals surface area (Å²) in [6.45, 7) is 10.6. The van der Waals surface area contributed by atoms with Gasteiger partial charge in [-0.25, -0.2) is 4.58 Å². The third kappa shape index (κ3) is 5.22. The highest BCUT2D eigenvalue weighted by atomic mass is 32.2. The summed E-state index contributed by atoms with van der Waals surface area (Å²) in [5.41, 5.74) is 3.87. The molecule has 1 aromatic carbocycles. The maximum atomic E-state index is 5.57. The molecule has 0 atom stereocenters. The largest absolute Gasteiger partial charge is 0.378 e. The molecule has 0 aliphatic carbocycles. The van der Waals surface area contributed by atoms with Gasteiger partial charge < -0.3 is 24.0 Å². The Morgan fingerprint density at radius 2 is 1.37 bits per heavy atom. The highest BCUT2D eigenvalue weighted by Crippen LogP contribution is 2.42. The van der Waals surface area contributed by atoms with E-state index in [0.29, 0.717) is 0 Å². The van der Waals surface area contributed by atoms with Gasteiger partial charge >= 0.3 is 0 Å². The Kier molecular flexibility index (Phi) is 7.25. The maximum Gasteiger partial charge on any atom is 0.239 e. The highest BCUT2D eigenvalue weighted by Gasteiger charge is 2.26. The van der Waals surface area contributed by atoms with Crippen LogP contribution >= 0.6 is 23.1 Å². The summed E-state index contributed by atoms with van der Waals surface area (Å²) in [5, 5.41) is 2.66. The van der Waals surface area contributed by atoms with E-state index in [4.69, 9.17) is 14.2 Å². The minimum Gasteiger partial charge on any atom is -0.378 e. The quantitative estimate of drug-likeness (QED) is 0.581. The second kappa shape index (κ2) is 10.9. The van der Waals surface area contributed by atoms with Gasteiger partial charge in [-0.05, 0) is 47.7 Å². The highest BCUT2D eigenvalue weighted by molar-refractivity contribution is 8.18. The Labute approximate surface area is 215 Å². The van der Waals surface area contributed by atoms with Crippen LogP contribution in [0.4, 0.5) is 10.7 Å². The molecule has 8 heteroatoms. The SMILES string of the molecule is C1=C/C(=C(/c2ccc(N3CCOCC3)cc2)c2ccc(N3CCOCC3)s2)SC1=[N+]1CCOCC1. The predicted molar refractivity (Wildman–Crippen MR) is 145 cm³/mol. The summed E-state index contributed by atoms with van der Waals surface area (Å²) >= 11 is 3.79. The number of ether oxygens (including phenoxy) is 3. The lowest BCUT2D eigenvalue weighted by Gasteiger charge is -2.29. The van der Waals surface area contributed by atoms with Crippen molar-refractivity contribution in [3.05, 3.63) is 63.9 Å². The van der Waals surface area contributed by atoms with Crippen molar-refractivity contribution in [1.29, 1.82) is 0 Å². The first-order valence-corrected chi connectivity index (χ1v) is 14.1. The number of anilines is 2. The molecule has 3 fully saturated rings. The molecule has 1 aromatic heterocycles. The van der Waals surface area contributed by atoms with Gasteiger partial charge in [0, 0.05) is 53.3 Å². The average molecular weight is 511 g/mol. The van der Waals surface area contributed by atoms with Crippen LogP contribution in [0.5, 0.6) is 0 Å². The van der Waals surface area contributed by atoms with E-state index in [1.54, 1.807) is 0 Å². The molecule has 0 bridgehead atoms. The molecular weight excluding hydrogens is 478 g/mol. The monoisotopic (exact) mass is 510 g/mol. The number of nitrogens with zero attached hydrogens (tertiary/aromatic N) is 3. The second-order valence-corrected chi connectivity index (χ2v) is 11.1. The van der Waals surface area contributed by atoms with Gasteiger partial charge in [0.1, 0.15) is 13.2 Å². The van der Waals surface area contributed by atoms with Crippen molar-refractivity contribution in [2.24, 2.45) is 0 Å². The molecule has 2 aromatic rings. The standard InChI is InChI=1S/C27H32N3O3S2/c1-3-22(28-9-15-31-16-10-28)4-2-21(1)27(23-5-7-25(34-23)29-11-17-32-18-12-29)24-6-8-26(35-24)30-13-19-33-20-14-30/h1-8H,9-20H2/q+1. The average Bonchev–Trinajstić information content (AvgIpc) is 3.62. The first kappa shape index (κ1) is 23.3. The summed E-state index contributed by atoms with van der Waals surface area (Å²) < 4.78 is 19.1. The van der Waals surface area contributed by atoms with Gasteiger partial charge in [0.25, 0.3) is 0 Å². The number of rotatable bonds is 4. The summed E-state index contributed by atoms with van der Waals surface area (Å²) in [5.74, 6) is 0. The Bertz CT molecular complexity index is 1120. The van der Waals surface area contributed by atoms with Gasteiger partial charge in [-0.15, -0.1) is 11.3 Å². The zero-order chi connectivity index (χ0) is 23.5. The molecule has 5 heterocycles. The van der Waals surface area contributed by atoms with Crippen molar-refractivity contribution < 1.29 is 18.8 Å². The fraction of sp³-hybridized carbons (Fsp3) is 0.444. The van der Waals surface area contributed by atoms with Crippen LogP contribution in [-0.2, 0) is 14.2 Å². The van der Waals surface area contributed by atoms with Gasteiger partial charge in [-0.3, -0.25) is 0 Å². The van der Waals surface area contributed by atoms with Crippen molar-refractivity contribution in [2.75, 3.05) is 88.7 Å². The molecule has 0 radical (unpaired) electrons. The third-order valence-electron chi connectivity index (χ3n) is 6.85. The van der Waals surface area contributed by atoms with E-state index in [9.17, 15) is 0 Å². The van der Waals surface area contributed by atoms with E-state index in [0.717, 1.165) is 78.9 Å². The Balaban J connectivity index is 1.34. The van der Waals surface area contributed by atoms with Crippen LogP contribution in [0.2, 0.25) is 0 Å². The molecule has 35 heavy (non-hydrogen) atoms. The van der Waals surface area contributed by atoms with E-state index in [1.165, 1.54) is 36.7 Å².